The van der Waals surface area contributed by atoms with E-state index in [1.54, 1.807) is 5.56 Å². The van der Waals surface area contributed by atoms with Crippen molar-refractivity contribution in [3.05, 3.63) is 35.0 Å². The molecule has 1 aromatic carbocycles. The first-order valence-corrected chi connectivity index (χ1v) is 6.05. The summed E-state index contributed by atoms with van der Waals surface area (Å²) in [5.41, 5.74) is 5.62. The minimum absolute atomic E-state index is 0.640. The van der Waals surface area contributed by atoms with Crippen LogP contribution in [0.3, 0.4) is 0 Å². The second kappa shape index (κ2) is 3.63. The van der Waals surface area contributed by atoms with Crippen LogP contribution >= 0.6 is 0 Å². The lowest BCUT2D eigenvalue weighted by molar-refractivity contribution is 0.493. The van der Waals surface area contributed by atoms with Gasteiger partial charge in [0.25, 0.3) is 0 Å². The van der Waals surface area contributed by atoms with E-state index in [0.717, 1.165) is 6.42 Å². The number of nitrogens with one attached hydrogen (secondary N) is 2. The van der Waals surface area contributed by atoms with Crippen LogP contribution in [0.4, 0.5) is 0 Å². The summed E-state index contributed by atoms with van der Waals surface area (Å²) in [6, 6.07) is 7.36. The highest BCUT2D eigenvalue weighted by Crippen LogP contribution is 2.29. The summed E-state index contributed by atoms with van der Waals surface area (Å²) in [5, 5.41) is 4.81. The van der Waals surface area contributed by atoms with E-state index in [4.69, 9.17) is 0 Å². The van der Waals surface area contributed by atoms with Crippen molar-refractivity contribution in [1.29, 1.82) is 0 Å². The molecule has 2 nitrogen and oxygen atoms in total. The van der Waals surface area contributed by atoms with Gasteiger partial charge in [0.05, 0.1) is 0 Å². The summed E-state index contributed by atoms with van der Waals surface area (Å²) in [7, 11) is 2.06. The molecule has 0 radical (unpaired) electrons. The standard InChI is InChI=1S/C14H18N2/c1-9-3-5-11-12-6-4-10(15-2)8-14(12)16-13(11)7-9/h3,5,7,10,15-16H,4,6,8H2,1-2H3. The lowest BCUT2D eigenvalue weighted by Crippen LogP contribution is -2.31. The molecule has 2 heteroatoms. The van der Waals surface area contributed by atoms with Crippen LogP contribution in [0.5, 0.6) is 0 Å². The topological polar surface area (TPSA) is 27.8 Å². The van der Waals surface area contributed by atoms with Gasteiger partial charge in [0.2, 0.25) is 0 Å². The predicted molar refractivity (Wildman–Crippen MR) is 67.9 cm³/mol. The van der Waals surface area contributed by atoms with Crippen molar-refractivity contribution >= 4 is 10.9 Å². The Morgan fingerprint density at radius 2 is 2.25 bits per heavy atom. The van der Waals surface area contributed by atoms with Crippen LogP contribution < -0.4 is 5.32 Å². The predicted octanol–water partition coefficient (Wildman–Crippen LogP) is 2.55. The van der Waals surface area contributed by atoms with Crippen molar-refractivity contribution in [1.82, 2.24) is 10.3 Å². The second-order valence-corrected chi connectivity index (χ2v) is 4.86. The van der Waals surface area contributed by atoms with E-state index in [9.17, 15) is 0 Å². The van der Waals surface area contributed by atoms with Crippen LogP contribution in [0.2, 0.25) is 0 Å². The molecule has 0 saturated heterocycles. The van der Waals surface area contributed by atoms with Gasteiger partial charge in [-0.15, -0.1) is 0 Å². The number of aromatic nitrogens is 1. The monoisotopic (exact) mass is 214 g/mol. The molecule has 1 aliphatic rings. The average molecular weight is 214 g/mol. The molecular formula is C14H18N2. The fraction of sp³-hybridized carbons (Fsp3) is 0.429. The lowest BCUT2D eigenvalue weighted by atomic mass is 9.92. The SMILES string of the molecule is CNC1CCc2c([nH]c3cc(C)ccc23)C1. The fourth-order valence-electron chi connectivity index (χ4n) is 2.80. The molecule has 1 aliphatic carbocycles. The Labute approximate surface area is 96.1 Å². The van der Waals surface area contributed by atoms with E-state index < -0.39 is 0 Å². The number of fused-ring (bicyclic) bond motifs is 3. The smallest absolute Gasteiger partial charge is 0.0461 e. The first-order chi connectivity index (χ1) is 7.78. The molecule has 1 unspecified atom stereocenters. The molecule has 1 atom stereocenters. The average Bonchev–Trinajstić information content (AvgIpc) is 2.64. The maximum absolute atomic E-state index is 3.58. The van der Waals surface area contributed by atoms with Gasteiger partial charge >= 0.3 is 0 Å². The first-order valence-electron chi connectivity index (χ1n) is 6.05. The van der Waals surface area contributed by atoms with Crippen LogP contribution in [-0.4, -0.2) is 18.1 Å². The van der Waals surface area contributed by atoms with Gasteiger partial charge < -0.3 is 10.3 Å². The maximum Gasteiger partial charge on any atom is 0.0461 e. The van der Waals surface area contributed by atoms with Crippen molar-refractivity contribution in [2.24, 2.45) is 0 Å². The third kappa shape index (κ3) is 1.45. The Balaban J connectivity index is 2.12. The normalized spacial score (nSPS) is 20.0. The third-order valence-corrected chi connectivity index (χ3v) is 3.75. The van der Waals surface area contributed by atoms with Crippen LogP contribution in [0.25, 0.3) is 10.9 Å². The van der Waals surface area contributed by atoms with Crippen molar-refractivity contribution < 1.29 is 0 Å². The van der Waals surface area contributed by atoms with Gasteiger partial charge in [-0.25, -0.2) is 0 Å². The molecular weight excluding hydrogens is 196 g/mol. The molecule has 0 saturated carbocycles. The largest absolute Gasteiger partial charge is 0.358 e. The van der Waals surface area contributed by atoms with Gasteiger partial charge in [-0.2, -0.15) is 0 Å². The highest BCUT2D eigenvalue weighted by molar-refractivity contribution is 5.85. The quantitative estimate of drug-likeness (QED) is 0.750. The summed E-state index contributed by atoms with van der Waals surface area (Å²) in [4.78, 5) is 3.58. The van der Waals surface area contributed by atoms with E-state index in [2.05, 4.69) is 42.5 Å². The second-order valence-electron chi connectivity index (χ2n) is 4.86. The van der Waals surface area contributed by atoms with Crippen molar-refractivity contribution in [3.63, 3.8) is 0 Å². The number of H-pyrrole nitrogens is 1. The maximum atomic E-state index is 3.58. The number of hydrogen-bond acceptors (Lipinski definition) is 1. The third-order valence-electron chi connectivity index (χ3n) is 3.75. The van der Waals surface area contributed by atoms with Gasteiger partial charge in [-0.05, 0) is 44.0 Å². The number of aromatic amines is 1. The molecule has 1 heterocycles. The number of hydrogen-bond donors (Lipinski definition) is 2. The van der Waals surface area contributed by atoms with E-state index in [1.165, 1.54) is 35.0 Å². The van der Waals surface area contributed by atoms with Crippen molar-refractivity contribution in [2.75, 3.05) is 7.05 Å². The first kappa shape index (κ1) is 9.91. The Kier molecular flexibility index (Phi) is 2.25. The number of aryl methyl sites for hydroxylation is 2. The van der Waals surface area contributed by atoms with Gasteiger partial charge in [-0.3, -0.25) is 0 Å². The minimum Gasteiger partial charge on any atom is -0.358 e. The Morgan fingerprint density at radius 1 is 1.38 bits per heavy atom. The molecule has 16 heavy (non-hydrogen) atoms. The molecule has 84 valence electrons. The van der Waals surface area contributed by atoms with Crippen molar-refractivity contribution in [2.45, 2.75) is 32.2 Å². The van der Waals surface area contributed by atoms with E-state index in [1.807, 2.05) is 0 Å². The molecule has 3 rings (SSSR count). The highest BCUT2D eigenvalue weighted by Gasteiger charge is 2.20. The Morgan fingerprint density at radius 3 is 3.06 bits per heavy atom. The van der Waals surface area contributed by atoms with Gasteiger partial charge in [0.15, 0.2) is 0 Å². The zero-order valence-corrected chi connectivity index (χ0v) is 9.93. The summed E-state index contributed by atoms with van der Waals surface area (Å²) in [5.74, 6) is 0. The van der Waals surface area contributed by atoms with E-state index in [0.29, 0.717) is 6.04 Å². The summed E-state index contributed by atoms with van der Waals surface area (Å²) in [6.45, 7) is 2.15. The van der Waals surface area contributed by atoms with Crippen LogP contribution in [0, 0.1) is 6.92 Å². The van der Waals surface area contributed by atoms with Gasteiger partial charge in [-0.1, -0.05) is 12.1 Å². The number of rotatable bonds is 1. The zero-order chi connectivity index (χ0) is 11.1. The van der Waals surface area contributed by atoms with Gasteiger partial charge in [0.1, 0.15) is 0 Å². The summed E-state index contributed by atoms with van der Waals surface area (Å²) >= 11 is 0. The minimum atomic E-state index is 0.640. The lowest BCUT2D eigenvalue weighted by Gasteiger charge is -2.21. The summed E-state index contributed by atoms with van der Waals surface area (Å²) in [6.07, 6.45) is 3.59. The van der Waals surface area contributed by atoms with E-state index in [-0.39, 0.29) is 0 Å². The molecule has 0 spiro atoms. The number of likely N-dealkylation sites (N-methyl/N-ethyl adjacent to an activating group) is 1. The molecule has 0 amide bonds. The molecule has 1 aromatic heterocycles. The Hall–Kier alpha value is -1.28. The van der Waals surface area contributed by atoms with Crippen LogP contribution in [-0.2, 0) is 12.8 Å². The highest BCUT2D eigenvalue weighted by atomic mass is 14.9. The fourth-order valence-corrected chi connectivity index (χ4v) is 2.80. The molecule has 0 bridgehead atoms. The molecule has 0 aliphatic heterocycles. The van der Waals surface area contributed by atoms with Crippen LogP contribution in [0.15, 0.2) is 18.2 Å². The molecule has 0 fully saturated rings. The van der Waals surface area contributed by atoms with Crippen molar-refractivity contribution in [3.8, 4) is 0 Å². The Bertz CT molecular complexity index is 525. The van der Waals surface area contributed by atoms with E-state index >= 15 is 0 Å². The molecule has 2 N–H and O–H groups in total. The zero-order valence-electron chi connectivity index (χ0n) is 9.93. The van der Waals surface area contributed by atoms with Gasteiger partial charge in [0, 0.05) is 29.1 Å². The molecule has 2 aromatic rings. The van der Waals surface area contributed by atoms with Crippen LogP contribution in [0.1, 0.15) is 23.2 Å². The summed E-state index contributed by atoms with van der Waals surface area (Å²) < 4.78 is 0. The number of benzene rings is 1.